The number of carbonyl (C=O) groups is 2. The van der Waals surface area contributed by atoms with Crippen molar-refractivity contribution in [1.29, 1.82) is 0 Å². The minimum atomic E-state index is -0.268. The molecule has 0 radical (unpaired) electrons. The number of aromatic nitrogens is 1. The van der Waals surface area contributed by atoms with Crippen molar-refractivity contribution in [2.75, 3.05) is 25.0 Å². The number of nitrogens with one attached hydrogen (secondary N) is 2. The fourth-order valence-electron chi connectivity index (χ4n) is 4.40. The second kappa shape index (κ2) is 11.0. The number of anilines is 1. The SMILES string of the molecule is O=C(NCC1CCN(C(=O)OCc2ccccc2)CC1)c1ccnc(NC2CCCC2)c1. The fraction of sp³-hybridized carbons (Fsp3) is 0.480. The maximum Gasteiger partial charge on any atom is 0.410 e. The predicted molar refractivity (Wildman–Crippen MR) is 123 cm³/mol. The Morgan fingerprint density at radius 2 is 1.78 bits per heavy atom. The summed E-state index contributed by atoms with van der Waals surface area (Å²) in [6.45, 7) is 2.20. The highest BCUT2D eigenvalue weighted by Crippen LogP contribution is 2.22. The third kappa shape index (κ3) is 6.22. The van der Waals surface area contributed by atoms with E-state index in [1.165, 1.54) is 12.8 Å². The molecule has 7 heteroatoms. The van der Waals surface area contributed by atoms with Crippen LogP contribution >= 0.6 is 0 Å². The quantitative estimate of drug-likeness (QED) is 0.679. The van der Waals surface area contributed by atoms with Gasteiger partial charge in [-0.3, -0.25) is 4.79 Å². The molecule has 1 aliphatic carbocycles. The molecule has 2 fully saturated rings. The maximum atomic E-state index is 12.6. The van der Waals surface area contributed by atoms with E-state index in [1.54, 1.807) is 17.2 Å². The van der Waals surface area contributed by atoms with E-state index in [-0.39, 0.29) is 12.0 Å². The van der Waals surface area contributed by atoms with Crippen molar-refractivity contribution in [3.8, 4) is 0 Å². The molecule has 2 heterocycles. The Balaban J connectivity index is 1.17. The number of benzene rings is 1. The number of likely N-dealkylation sites (tertiary alicyclic amines) is 1. The number of piperidine rings is 1. The number of amides is 2. The summed E-state index contributed by atoms with van der Waals surface area (Å²) in [5.41, 5.74) is 1.61. The Morgan fingerprint density at radius 1 is 1.03 bits per heavy atom. The van der Waals surface area contributed by atoms with E-state index in [0.717, 1.165) is 37.1 Å². The zero-order chi connectivity index (χ0) is 22.2. The van der Waals surface area contributed by atoms with Crippen LogP contribution in [0.4, 0.5) is 10.6 Å². The molecule has 2 aromatic rings. The van der Waals surface area contributed by atoms with E-state index in [4.69, 9.17) is 4.74 Å². The molecule has 1 saturated carbocycles. The maximum absolute atomic E-state index is 12.6. The first-order valence-electron chi connectivity index (χ1n) is 11.6. The summed E-state index contributed by atoms with van der Waals surface area (Å²) < 4.78 is 5.42. The number of hydrogen-bond donors (Lipinski definition) is 2. The Hall–Kier alpha value is -3.09. The summed E-state index contributed by atoms with van der Waals surface area (Å²) in [6.07, 6.45) is 7.95. The summed E-state index contributed by atoms with van der Waals surface area (Å²) in [4.78, 5) is 31.0. The van der Waals surface area contributed by atoms with E-state index in [1.807, 2.05) is 36.4 Å². The molecular formula is C25H32N4O3. The van der Waals surface area contributed by atoms with Crippen LogP contribution in [0.25, 0.3) is 0 Å². The second-order valence-electron chi connectivity index (χ2n) is 8.74. The van der Waals surface area contributed by atoms with Gasteiger partial charge in [-0.2, -0.15) is 0 Å². The van der Waals surface area contributed by atoms with Gasteiger partial charge in [0.2, 0.25) is 0 Å². The number of nitrogens with zero attached hydrogens (tertiary/aromatic N) is 2. The van der Waals surface area contributed by atoms with E-state index < -0.39 is 0 Å². The standard InChI is InChI=1S/C25H32N4O3/c30-24(21-10-13-26-23(16-21)28-22-8-4-5-9-22)27-17-19-11-14-29(15-12-19)25(31)32-18-20-6-2-1-3-7-20/h1-3,6-7,10,13,16,19,22H,4-5,8-9,11-12,14-15,17-18H2,(H,26,28)(H,27,30). The van der Waals surface area contributed by atoms with E-state index in [9.17, 15) is 9.59 Å². The molecule has 0 unspecified atom stereocenters. The normalized spacial score (nSPS) is 17.2. The van der Waals surface area contributed by atoms with Crippen LogP contribution in [0.1, 0.15) is 54.4 Å². The molecule has 2 aliphatic rings. The van der Waals surface area contributed by atoms with Crippen LogP contribution in [-0.2, 0) is 11.3 Å². The van der Waals surface area contributed by atoms with Crippen LogP contribution in [0.2, 0.25) is 0 Å². The summed E-state index contributed by atoms with van der Waals surface area (Å²) in [5, 5.41) is 6.49. The van der Waals surface area contributed by atoms with Gasteiger partial charge in [0.05, 0.1) is 0 Å². The van der Waals surface area contributed by atoms with Crippen molar-refractivity contribution >= 4 is 17.8 Å². The van der Waals surface area contributed by atoms with Crippen LogP contribution in [0, 0.1) is 5.92 Å². The molecule has 0 bridgehead atoms. The molecule has 2 amide bonds. The lowest BCUT2D eigenvalue weighted by Gasteiger charge is -2.31. The van der Waals surface area contributed by atoms with Crippen LogP contribution < -0.4 is 10.6 Å². The van der Waals surface area contributed by atoms with E-state index in [0.29, 0.717) is 43.8 Å². The van der Waals surface area contributed by atoms with Gasteiger partial charge in [-0.15, -0.1) is 0 Å². The molecular weight excluding hydrogens is 404 g/mol. The Bertz CT molecular complexity index is 891. The van der Waals surface area contributed by atoms with Crippen molar-refractivity contribution in [2.45, 2.75) is 51.2 Å². The monoisotopic (exact) mass is 436 g/mol. The number of ether oxygens (including phenoxy) is 1. The first-order chi connectivity index (χ1) is 15.7. The topological polar surface area (TPSA) is 83.6 Å². The highest BCUT2D eigenvalue weighted by atomic mass is 16.6. The first kappa shape index (κ1) is 22.1. The molecule has 32 heavy (non-hydrogen) atoms. The van der Waals surface area contributed by atoms with Gasteiger partial charge in [0.15, 0.2) is 0 Å². The molecule has 4 rings (SSSR count). The Kier molecular flexibility index (Phi) is 7.59. The van der Waals surface area contributed by atoms with Gasteiger partial charge < -0.3 is 20.3 Å². The summed E-state index contributed by atoms with van der Waals surface area (Å²) in [5.74, 6) is 1.05. The lowest BCUT2D eigenvalue weighted by molar-refractivity contribution is 0.0801. The van der Waals surface area contributed by atoms with Crippen molar-refractivity contribution in [1.82, 2.24) is 15.2 Å². The summed E-state index contributed by atoms with van der Waals surface area (Å²) in [6, 6.07) is 13.7. The van der Waals surface area contributed by atoms with Gasteiger partial charge >= 0.3 is 6.09 Å². The van der Waals surface area contributed by atoms with E-state index in [2.05, 4.69) is 15.6 Å². The highest BCUT2D eigenvalue weighted by Gasteiger charge is 2.24. The average molecular weight is 437 g/mol. The molecule has 1 saturated heterocycles. The third-order valence-electron chi connectivity index (χ3n) is 6.36. The predicted octanol–water partition coefficient (Wildman–Crippen LogP) is 4.21. The number of hydrogen-bond acceptors (Lipinski definition) is 5. The molecule has 7 nitrogen and oxygen atoms in total. The van der Waals surface area contributed by atoms with Crippen molar-refractivity contribution in [3.05, 3.63) is 59.8 Å². The zero-order valence-corrected chi connectivity index (χ0v) is 18.5. The Labute approximate surface area is 189 Å². The molecule has 1 aromatic heterocycles. The largest absolute Gasteiger partial charge is 0.445 e. The average Bonchev–Trinajstić information content (AvgIpc) is 3.35. The summed E-state index contributed by atoms with van der Waals surface area (Å²) >= 11 is 0. The molecule has 170 valence electrons. The molecule has 0 spiro atoms. The van der Waals surface area contributed by atoms with Gasteiger partial charge in [-0.25, -0.2) is 9.78 Å². The molecule has 2 N–H and O–H groups in total. The number of pyridine rings is 1. The molecule has 1 aromatic carbocycles. The second-order valence-corrected chi connectivity index (χ2v) is 8.74. The zero-order valence-electron chi connectivity index (χ0n) is 18.5. The van der Waals surface area contributed by atoms with Gasteiger partial charge in [-0.05, 0) is 49.3 Å². The van der Waals surface area contributed by atoms with Crippen molar-refractivity contribution in [2.24, 2.45) is 5.92 Å². The highest BCUT2D eigenvalue weighted by molar-refractivity contribution is 5.94. The van der Waals surface area contributed by atoms with Gasteiger partial charge in [0, 0.05) is 37.4 Å². The van der Waals surface area contributed by atoms with Gasteiger partial charge in [0.1, 0.15) is 12.4 Å². The van der Waals surface area contributed by atoms with Crippen molar-refractivity contribution < 1.29 is 14.3 Å². The summed E-state index contributed by atoms with van der Waals surface area (Å²) in [7, 11) is 0. The number of carbonyl (C=O) groups excluding carboxylic acids is 2. The lowest BCUT2D eigenvalue weighted by atomic mass is 9.97. The van der Waals surface area contributed by atoms with Crippen LogP contribution in [-0.4, -0.2) is 47.6 Å². The lowest BCUT2D eigenvalue weighted by Crippen LogP contribution is -2.41. The Morgan fingerprint density at radius 3 is 2.53 bits per heavy atom. The molecule has 0 atom stereocenters. The van der Waals surface area contributed by atoms with Crippen LogP contribution in [0.15, 0.2) is 48.7 Å². The smallest absolute Gasteiger partial charge is 0.410 e. The molecule has 1 aliphatic heterocycles. The van der Waals surface area contributed by atoms with Crippen LogP contribution in [0.5, 0.6) is 0 Å². The number of rotatable bonds is 7. The van der Waals surface area contributed by atoms with Gasteiger partial charge in [-0.1, -0.05) is 43.2 Å². The minimum Gasteiger partial charge on any atom is -0.445 e. The van der Waals surface area contributed by atoms with Gasteiger partial charge in [0.25, 0.3) is 5.91 Å². The van der Waals surface area contributed by atoms with Crippen molar-refractivity contribution in [3.63, 3.8) is 0 Å². The van der Waals surface area contributed by atoms with Crippen LogP contribution in [0.3, 0.4) is 0 Å². The third-order valence-corrected chi connectivity index (χ3v) is 6.36. The van der Waals surface area contributed by atoms with E-state index >= 15 is 0 Å². The first-order valence-corrected chi connectivity index (χ1v) is 11.6. The minimum absolute atomic E-state index is 0.0772. The fourth-order valence-corrected chi connectivity index (χ4v) is 4.40.